The summed E-state index contributed by atoms with van der Waals surface area (Å²) in [5, 5.41) is 0.582. The Morgan fingerprint density at radius 1 is 1.39 bits per heavy atom. The number of hydrogen-bond acceptors (Lipinski definition) is 5. The van der Waals surface area contributed by atoms with Crippen molar-refractivity contribution in [2.45, 2.75) is 70.8 Å². The Balaban J connectivity index is 2.18. The molecule has 2 aromatic rings. The van der Waals surface area contributed by atoms with Crippen LogP contribution in [0.5, 0.6) is 0 Å². The van der Waals surface area contributed by atoms with E-state index in [1.54, 1.807) is 11.6 Å². The SMILES string of the molecule is Cc1cc([C@@H](C)N[S+]([O-])C(C)(C)C)c2nc([C@@]3(C)CCCO3)n(C)c(=O)c2c1. The number of ether oxygens (including phenoxy) is 1. The maximum atomic E-state index is 13.1. The van der Waals surface area contributed by atoms with Crippen LogP contribution in [0.1, 0.15) is 70.5 Å². The summed E-state index contributed by atoms with van der Waals surface area (Å²) in [6.07, 6.45) is 1.79. The first-order chi connectivity index (χ1) is 12.9. The van der Waals surface area contributed by atoms with Gasteiger partial charge in [-0.2, -0.15) is 0 Å². The van der Waals surface area contributed by atoms with Gasteiger partial charge in [-0.25, -0.2) is 4.98 Å². The van der Waals surface area contributed by atoms with Gasteiger partial charge in [-0.1, -0.05) is 6.07 Å². The minimum atomic E-state index is -1.23. The van der Waals surface area contributed by atoms with Gasteiger partial charge < -0.3 is 9.29 Å². The molecule has 3 atom stereocenters. The highest BCUT2D eigenvalue weighted by Crippen LogP contribution is 2.35. The summed E-state index contributed by atoms with van der Waals surface area (Å²) >= 11 is -1.23. The molecule has 1 aliphatic heterocycles. The van der Waals surface area contributed by atoms with Gasteiger partial charge >= 0.3 is 0 Å². The molecule has 1 aromatic heterocycles. The average Bonchev–Trinajstić information content (AvgIpc) is 3.04. The fourth-order valence-corrected chi connectivity index (χ4v) is 4.51. The van der Waals surface area contributed by atoms with Crippen LogP contribution in [0.4, 0.5) is 0 Å². The third kappa shape index (κ3) is 3.85. The van der Waals surface area contributed by atoms with Crippen LogP contribution in [0.2, 0.25) is 0 Å². The molecular weight excluding hydrogens is 374 g/mol. The van der Waals surface area contributed by atoms with Crippen molar-refractivity contribution in [1.82, 2.24) is 14.3 Å². The molecule has 3 rings (SSSR count). The second kappa shape index (κ2) is 7.44. The Kier molecular flexibility index (Phi) is 5.66. The van der Waals surface area contributed by atoms with Gasteiger partial charge in [0.1, 0.15) is 16.2 Å². The quantitative estimate of drug-likeness (QED) is 0.789. The van der Waals surface area contributed by atoms with E-state index in [1.807, 2.05) is 53.7 Å². The fourth-order valence-electron chi connectivity index (χ4n) is 3.71. The first-order valence-electron chi connectivity index (χ1n) is 9.78. The van der Waals surface area contributed by atoms with Crippen LogP contribution in [-0.2, 0) is 28.7 Å². The standard InChI is InChI=1S/C21H31N3O3S/c1-13-11-15(14(2)23-28(26)20(3,4)5)17-16(12-13)18(25)24(7)19(22-17)21(6)9-8-10-27-21/h11-12,14,23H,8-10H2,1-7H3/t14-,21-,28?/m1/s1. The molecule has 7 heteroatoms. The van der Waals surface area contributed by atoms with Gasteiger partial charge in [-0.15, -0.1) is 4.72 Å². The largest absolute Gasteiger partial charge is 0.598 e. The van der Waals surface area contributed by atoms with E-state index in [0.717, 1.165) is 24.0 Å². The lowest BCUT2D eigenvalue weighted by atomic mass is 9.99. The molecule has 0 spiro atoms. The minimum absolute atomic E-state index is 0.0779. The second-order valence-electron chi connectivity index (χ2n) is 8.95. The summed E-state index contributed by atoms with van der Waals surface area (Å²) in [5.41, 5.74) is 1.88. The molecule has 154 valence electrons. The van der Waals surface area contributed by atoms with E-state index in [0.29, 0.717) is 23.3 Å². The number of hydrogen-bond donors (Lipinski definition) is 1. The molecule has 1 N–H and O–H groups in total. The third-order valence-corrected chi connectivity index (χ3v) is 7.03. The molecule has 2 heterocycles. The van der Waals surface area contributed by atoms with E-state index in [2.05, 4.69) is 4.72 Å². The monoisotopic (exact) mass is 405 g/mol. The van der Waals surface area contributed by atoms with Crippen molar-refractivity contribution in [2.75, 3.05) is 6.61 Å². The summed E-state index contributed by atoms with van der Waals surface area (Å²) < 4.78 is 23.0. The molecular formula is C21H31N3O3S. The maximum absolute atomic E-state index is 13.1. The lowest BCUT2D eigenvalue weighted by Gasteiger charge is -2.28. The van der Waals surface area contributed by atoms with Gasteiger partial charge in [-0.3, -0.25) is 9.36 Å². The molecule has 0 amide bonds. The Labute approximate surface area is 170 Å². The first kappa shape index (κ1) is 21.3. The molecule has 1 aliphatic rings. The fraction of sp³-hybridized carbons (Fsp3) is 0.619. The zero-order chi connectivity index (χ0) is 20.9. The Hall–Kier alpha value is -1.41. The summed E-state index contributed by atoms with van der Waals surface area (Å²) in [6, 6.07) is 3.68. The van der Waals surface area contributed by atoms with Gasteiger partial charge in [0.25, 0.3) is 5.56 Å². The van der Waals surface area contributed by atoms with Crippen LogP contribution >= 0.6 is 0 Å². The molecule has 1 fully saturated rings. The normalized spacial score (nSPS) is 22.6. The number of aromatic nitrogens is 2. The lowest BCUT2D eigenvalue weighted by Crippen LogP contribution is -2.40. The van der Waals surface area contributed by atoms with E-state index < -0.39 is 17.0 Å². The van der Waals surface area contributed by atoms with Gasteiger partial charge in [0.15, 0.2) is 0 Å². The van der Waals surface area contributed by atoms with Crippen LogP contribution in [-0.4, -0.2) is 25.5 Å². The van der Waals surface area contributed by atoms with Crippen molar-refractivity contribution in [3.05, 3.63) is 39.4 Å². The topological polar surface area (TPSA) is 79.2 Å². The summed E-state index contributed by atoms with van der Waals surface area (Å²) in [6.45, 7) is 12.4. The highest BCUT2D eigenvalue weighted by molar-refractivity contribution is 7.90. The van der Waals surface area contributed by atoms with E-state index in [9.17, 15) is 9.35 Å². The van der Waals surface area contributed by atoms with Gasteiger partial charge in [0.2, 0.25) is 0 Å². The lowest BCUT2D eigenvalue weighted by molar-refractivity contribution is 0.00637. The van der Waals surface area contributed by atoms with Crippen molar-refractivity contribution in [1.29, 1.82) is 0 Å². The van der Waals surface area contributed by atoms with Gasteiger partial charge in [-0.05, 0) is 66.0 Å². The molecule has 1 saturated heterocycles. The Morgan fingerprint density at radius 2 is 2.07 bits per heavy atom. The molecule has 28 heavy (non-hydrogen) atoms. The molecule has 1 unspecified atom stereocenters. The van der Waals surface area contributed by atoms with Gasteiger partial charge in [0, 0.05) is 30.6 Å². The van der Waals surface area contributed by atoms with Crippen LogP contribution < -0.4 is 10.3 Å². The van der Waals surface area contributed by atoms with E-state index >= 15 is 0 Å². The van der Waals surface area contributed by atoms with Crippen molar-refractivity contribution < 1.29 is 9.29 Å². The Morgan fingerprint density at radius 3 is 2.64 bits per heavy atom. The predicted molar refractivity (Wildman–Crippen MR) is 114 cm³/mol. The number of nitrogens with one attached hydrogen (secondary N) is 1. The number of aryl methyl sites for hydroxylation is 1. The molecule has 6 nitrogen and oxygen atoms in total. The highest BCUT2D eigenvalue weighted by Gasteiger charge is 2.36. The highest BCUT2D eigenvalue weighted by atomic mass is 32.2. The average molecular weight is 406 g/mol. The zero-order valence-corrected chi connectivity index (χ0v) is 18.7. The molecule has 0 radical (unpaired) electrons. The summed E-state index contributed by atoms with van der Waals surface area (Å²) in [4.78, 5) is 18.1. The van der Waals surface area contributed by atoms with Crippen molar-refractivity contribution >= 4 is 22.3 Å². The number of fused-ring (bicyclic) bond motifs is 1. The van der Waals surface area contributed by atoms with E-state index in [1.165, 1.54) is 0 Å². The number of rotatable bonds is 4. The molecule has 0 bridgehead atoms. The number of nitrogens with zero attached hydrogens (tertiary/aromatic N) is 2. The van der Waals surface area contributed by atoms with Crippen LogP contribution in [0.25, 0.3) is 10.9 Å². The molecule has 0 saturated carbocycles. The van der Waals surface area contributed by atoms with Crippen molar-refractivity contribution in [2.24, 2.45) is 7.05 Å². The maximum Gasteiger partial charge on any atom is 0.261 e. The van der Waals surface area contributed by atoms with Crippen LogP contribution in [0.3, 0.4) is 0 Å². The second-order valence-corrected chi connectivity index (χ2v) is 11.0. The molecule has 0 aliphatic carbocycles. The van der Waals surface area contributed by atoms with E-state index in [4.69, 9.17) is 9.72 Å². The zero-order valence-electron chi connectivity index (χ0n) is 17.9. The molecule has 1 aromatic carbocycles. The Bertz CT molecular complexity index is 943. The number of benzene rings is 1. The van der Waals surface area contributed by atoms with E-state index in [-0.39, 0.29) is 16.3 Å². The van der Waals surface area contributed by atoms with Crippen molar-refractivity contribution in [3.8, 4) is 0 Å². The minimum Gasteiger partial charge on any atom is -0.598 e. The third-order valence-electron chi connectivity index (χ3n) is 5.35. The van der Waals surface area contributed by atoms with Crippen LogP contribution in [0.15, 0.2) is 16.9 Å². The summed E-state index contributed by atoms with van der Waals surface area (Å²) in [7, 11) is 1.76. The van der Waals surface area contributed by atoms with Crippen molar-refractivity contribution in [3.63, 3.8) is 0 Å². The van der Waals surface area contributed by atoms with Gasteiger partial charge in [0.05, 0.1) is 16.9 Å². The smallest absolute Gasteiger partial charge is 0.261 e. The van der Waals surface area contributed by atoms with Crippen LogP contribution in [0, 0.1) is 6.92 Å². The predicted octanol–water partition coefficient (Wildman–Crippen LogP) is 3.38. The summed E-state index contributed by atoms with van der Waals surface area (Å²) in [5.74, 6) is 0.650. The first-order valence-corrected chi connectivity index (χ1v) is 10.9.